The van der Waals surface area contributed by atoms with Gasteiger partial charge in [0.05, 0.1) is 4.92 Å². The van der Waals surface area contributed by atoms with E-state index in [0.717, 1.165) is 0 Å². The third-order valence-electron chi connectivity index (χ3n) is 1.60. The van der Waals surface area contributed by atoms with Gasteiger partial charge in [-0.15, -0.1) is 0 Å². The molecule has 0 spiro atoms. The summed E-state index contributed by atoms with van der Waals surface area (Å²) in [4.78, 5) is 13.9. The Balaban J connectivity index is 2.82. The first kappa shape index (κ1) is 6.78. The zero-order valence-corrected chi connectivity index (χ0v) is 6.04. The van der Waals surface area contributed by atoms with E-state index in [4.69, 9.17) is 0 Å². The Kier molecular flexibility index (Phi) is 1.30. The van der Waals surface area contributed by atoms with Crippen molar-refractivity contribution >= 4 is 11.3 Å². The molecule has 5 nitrogen and oxygen atoms in total. The second-order valence-electron chi connectivity index (χ2n) is 2.31. The monoisotopic (exact) mass is 163 g/mol. The summed E-state index contributed by atoms with van der Waals surface area (Å²) in [6.45, 7) is 0. The van der Waals surface area contributed by atoms with Crippen LogP contribution in [0.3, 0.4) is 0 Å². The number of hydrogen-bond acceptors (Lipinski definition) is 3. The molecular formula is C7H5N3O2. The first-order valence-corrected chi connectivity index (χ1v) is 3.35. The fraction of sp³-hybridized carbons (Fsp3) is 0. The summed E-state index contributed by atoms with van der Waals surface area (Å²) in [5.74, 6) is 0. The van der Waals surface area contributed by atoms with E-state index in [2.05, 4.69) is 4.98 Å². The molecule has 0 atom stereocenters. The molecule has 2 heterocycles. The van der Waals surface area contributed by atoms with Gasteiger partial charge in [0.25, 0.3) is 0 Å². The maximum Gasteiger partial charge on any atom is 0.312 e. The SMILES string of the molecule is O=[N+]([O-])c1cccn2ccnc12. The van der Waals surface area contributed by atoms with Crippen LogP contribution in [0.4, 0.5) is 5.69 Å². The van der Waals surface area contributed by atoms with Crippen molar-refractivity contribution in [3.8, 4) is 0 Å². The molecule has 0 saturated carbocycles. The van der Waals surface area contributed by atoms with E-state index < -0.39 is 4.92 Å². The van der Waals surface area contributed by atoms with Gasteiger partial charge in [-0.3, -0.25) is 10.1 Å². The number of nitrogens with zero attached hydrogens (tertiary/aromatic N) is 3. The van der Waals surface area contributed by atoms with Crippen LogP contribution in [0, 0.1) is 10.1 Å². The summed E-state index contributed by atoms with van der Waals surface area (Å²) in [7, 11) is 0. The summed E-state index contributed by atoms with van der Waals surface area (Å²) in [6, 6.07) is 3.05. The van der Waals surface area contributed by atoms with Gasteiger partial charge in [0, 0.05) is 24.7 Å². The minimum atomic E-state index is -0.442. The van der Waals surface area contributed by atoms with Crippen LogP contribution in [0.1, 0.15) is 0 Å². The lowest BCUT2D eigenvalue weighted by molar-refractivity contribution is -0.383. The first-order valence-electron chi connectivity index (χ1n) is 3.35. The third-order valence-corrected chi connectivity index (χ3v) is 1.60. The number of imidazole rings is 1. The predicted molar refractivity (Wildman–Crippen MR) is 41.8 cm³/mol. The largest absolute Gasteiger partial charge is 0.312 e. The minimum Gasteiger partial charge on any atom is -0.301 e. The molecule has 0 aromatic carbocycles. The lowest BCUT2D eigenvalue weighted by atomic mass is 10.4. The molecule has 5 heteroatoms. The summed E-state index contributed by atoms with van der Waals surface area (Å²) in [5.41, 5.74) is 0.407. The van der Waals surface area contributed by atoms with Gasteiger partial charge in [0.1, 0.15) is 0 Å². The maximum atomic E-state index is 10.5. The molecule has 0 unspecified atom stereocenters. The molecule has 0 amide bonds. The van der Waals surface area contributed by atoms with Crippen LogP contribution in [0.2, 0.25) is 0 Å². The fourth-order valence-corrected chi connectivity index (χ4v) is 1.08. The van der Waals surface area contributed by atoms with Crippen LogP contribution < -0.4 is 0 Å². The average Bonchev–Trinajstić information content (AvgIpc) is 2.49. The molecule has 60 valence electrons. The quantitative estimate of drug-likeness (QED) is 0.469. The summed E-state index contributed by atoms with van der Waals surface area (Å²) in [6.07, 6.45) is 4.92. The van der Waals surface area contributed by atoms with Crippen LogP contribution in [0.25, 0.3) is 5.65 Å². The van der Waals surface area contributed by atoms with Gasteiger partial charge in [0.2, 0.25) is 5.65 Å². The molecule has 2 aromatic heterocycles. The zero-order valence-electron chi connectivity index (χ0n) is 6.04. The Morgan fingerprint density at radius 1 is 1.50 bits per heavy atom. The van der Waals surface area contributed by atoms with Gasteiger partial charge in [-0.25, -0.2) is 4.98 Å². The van der Waals surface area contributed by atoms with Crippen molar-refractivity contribution in [3.63, 3.8) is 0 Å². The van der Waals surface area contributed by atoms with E-state index in [9.17, 15) is 10.1 Å². The number of fused-ring (bicyclic) bond motifs is 1. The average molecular weight is 163 g/mol. The van der Waals surface area contributed by atoms with Crippen molar-refractivity contribution in [1.82, 2.24) is 9.38 Å². The molecule has 0 bridgehead atoms. The van der Waals surface area contributed by atoms with Crippen LogP contribution in [0.15, 0.2) is 30.7 Å². The normalized spacial score (nSPS) is 10.3. The highest BCUT2D eigenvalue weighted by Gasteiger charge is 2.11. The first-order chi connectivity index (χ1) is 5.79. The number of hydrogen-bond donors (Lipinski definition) is 0. The number of nitro groups is 1. The highest BCUT2D eigenvalue weighted by atomic mass is 16.6. The third kappa shape index (κ3) is 0.833. The van der Waals surface area contributed by atoms with E-state index in [0.29, 0.717) is 5.65 Å². The van der Waals surface area contributed by atoms with E-state index in [1.54, 1.807) is 22.9 Å². The number of pyridine rings is 1. The minimum absolute atomic E-state index is 0.0301. The summed E-state index contributed by atoms with van der Waals surface area (Å²) < 4.78 is 1.61. The molecule has 2 aromatic rings. The highest BCUT2D eigenvalue weighted by molar-refractivity contribution is 5.58. The molecule has 2 rings (SSSR count). The molecule has 0 N–H and O–H groups in total. The van der Waals surface area contributed by atoms with Crippen LogP contribution in [-0.4, -0.2) is 14.3 Å². The van der Waals surface area contributed by atoms with Crippen molar-refractivity contribution in [2.24, 2.45) is 0 Å². The second kappa shape index (κ2) is 2.30. The second-order valence-corrected chi connectivity index (χ2v) is 2.31. The topological polar surface area (TPSA) is 60.4 Å². The van der Waals surface area contributed by atoms with Crippen molar-refractivity contribution in [2.75, 3.05) is 0 Å². The van der Waals surface area contributed by atoms with Gasteiger partial charge in [-0.05, 0) is 6.07 Å². The number of aromatic nitrogens is 2. The standard InChI is InChI=1S/C7H5N3O2/c11-10(12)6-2-1-4-9-5-3-8-7(6)9/h1-5H. The molecule has 0 aliphatic carbocycles. The molecule has 0 saturated heterocycles. The van der Waals surface area contributed by atoms with E-state index in [1.165, 1.54) is 12.3 Å². The van der Waals surface area contributed by atoms with Crippen molar-refractivity contribution in [2.45, 2.75) is 0 Å². The highest BCUT2D eigenvalue weighted by Crippen LogP contribution is 2.16. The summed E-state index contributed by atoms with van der Waals surface area (Å²) >= 11 is 0. The Hall–Kier alpha value is -1.91. The van der Waals surface area contributed by atoms with Gasteiger partial charge in [0.15, 0.2) is 0 Å². The lowest BCUT2D eigenvalue weighted by Crippen LogP contribution is -1.92. The van der Waals surface area contributed by atoms with Gasteiger partial charge in [-0.2, -0.15) is 0 Å². The number of rotatable bonds is 1. The fourth-order valence-electron chi connectivity index (χ4n) is 1.08. The smallest absolute Gasteiger partial charge is 0.301 e. The maximum absolute atomic E-state index is 10.5. The summed E-state index contributed by atoms with van der Waals surface area (Å²) in [5, 5.41) is 10.5. The van der Waals surface area contributed by atoms with Crippen LogP contribution in [-0.2, 0) is 0 Å². The van der Waals surface area contributed by atoms with Gasteiger partial charge in [-0.1, -0.05) is 0 Å². The Morgan fingerprint density at radius 2 is 2.33 bits per heavy atom. The molecule has 0 aliphatic heterocycles. The van der Waals surface area contributed by atoms with E-state index >= 15 is 0 Å². The Bertz CT molecular complexity index is 435. The van der Waals surface area contributed by atoms with E-state index in [-0.39, 0.29) is 5.69 Å². The molecule has 0 radical (unpaired) electrons. The molecular weight excluding hydrogens is 158 g/mol. The molecule has 0 fully saturated rings. The predicted octanol–water partition coefficient (Wildman–Crippen LogP) is 1.24. The van der Waals surface area contributed by atoms with Crippen LogP contribution >= 0.6 is 0 Å². The van der Waals surface area contributed by atoms with Crippen LogP contribution in [0.5, 0.6) is 0 Å². The Morgan fingerprint density at radius 3 is 3.08 bits per heavy atom. The van der Waals surface area contributed by atoms with Crippen molar-refractivity contribution < 1.29 is 4.92 Å². The molecule has 0 aliphatic rings. The van der Waals surface area contributed by atoms with E-state index in [1.807, 2.05) is 0 Å². The Labute approximate surface area is 67.4 Å². The lowest BCUT2D eigenvalue weighted by Gasteiger charge is -1.92. The van der Waals surface area contributed by atoms with Gasteiger partial charge < -0.3 is 4.40 Å². The van der Waals surface area contributed by atoms with Crippen molar-refractivity contribution in [1.29, 1.82) is 0 Å². The van der Waals surface area contributed by atoms with Gasteiger partial charge >= 0.3 is 5.69 Å². The van der Waals surface area contributed by atoms with Crippen molar-refractivity contribution in [3.05, 3.63) is 40.8 Å². The molecule has 12 heavy (non-hydrogen) atoms. The zero-order chi connectivity index (χ0) is 8.55.